The molecular weight excluding hydrogens is 234 g/mol. The fourth-order valence-electron chi connectivity index (χ4n) is 2.76. The molecule has 102 valence electrons. The summed E-state index contributed by atoms with van der Waals surface area (Å²) in [6.07, 6.45) is 3.38. The maximum absolute atomic E-state index is 11.9. The van der Waals surface area contributed by atoms with Gasteiger partial charge in [-0.25, -0.2) is 4.79 Å². The van der Waals surface area contributed by atoms with Crippen molar-refractivity contribution in [2.24, 2.45) is 0 Å². The summed E-state index contributed by atoms with van der Waals surface area (Å²) < 4.78 is 10.7. The molecule has 1 heterocycles. The molecular formula is C13H21NO4. The van der Waals surface area contributed by atoms with Crippen LogP contribution in [0.3, 0.4) is 0 Å². The number of carbonyl (C=O) groups excluding carboxylic acids is 2. The van der Waals surface area contributed by atoms with Gasteiger partial charge in [-0.05, 0) is 40.0 Å². The number of hydrogen-bond donors (Lipinski definition) is 1. The first kappa shape index (κ1) is 13.2. The summed E-state index contributed by atoms with van der Waals surface area (Å²) in [5, 5.41) is 2.80. The third kappa shape index (κ3) is 2.76. The molecule has 0 aromatic rings. The Morgan fingerprint density at radius 1 is 1.50 bits per heavy atom. The van der Waals surface area contributed by atoms with Gasteiger partial charge in [-0.3, -0.25) is 4.79 Å². The maximum atomic E-state index is 11.9. The third-order valence-electron chi connectivity index (χ3n) is 3.43. The highest BCUT2D eigenvalue weighted by atomic mass is 16.6. The number of esters is 1. The van der Waals surface area contributed by atoms with Gasteiger partial charge in [0.05, 0.1) is 12.5 Å². The topological polar surface area (TPSA) is 64.6 Å². The first-order chi connectivity index (χ1) is 8.31. The van der Waals surface area contributed by atoms with Gasteiger partial charge in [0.1, 0.15) is 11.2 Å². The van der Waals surface area contributed by atoms with E-state index in [0.717, 1.165) is 25.7 Å². The molecule has 0 bridgehead atoms. The normalized spacial score (nSPS) is 31.3. The van der Waals surface area contributed by atoms with Crippen LogP contribution < -0.4 is 5.32 Å². The van der Waals surface area contributed by atoms with Crippen LogP contribution in [-0.4, -0.2) is 29.3 Å². The van der Waals surface area contributed by atoms with Crippen molar-refractivity contribution in [1.82, 2.24) is 5.32 Å². The summed E-state index contributed by atoms with van der Waals surface area (Å²) in [4.78, 5) is 23.3. The third-order valence-corrected chi connectivity index (χ3v) is 3.43. The lowest BCUT2D eigenvalue weighted by Gasteiger charge is -2.36. The molecule has 1 amide bonds. The molecule has 1 aliphatic carbocycles. The van der Waals surface area contributed by atoms with E-state index in [0.29, 0.717) is 0 Å². The Morgan fingerprint density at radius 2 is 2.22 bits per heavy atom. The SMILES string of the molecule is CC(C)(C)OC(=O)C[C@]12CCCC[C@H]1NC(=O)O2. The van der Waals surface area contributed by atoms with Crippen molar-refractivity contribution in [2.45, 2.75) is 70.1 Å². The van der Waals surface area contributed by atoms with Gasteiger partial charge in [0.15, 0.2) is 0 Å². The molecule has 5 heteroatoms. The number of fused-ring (bicyclic) bond motifs is 1. The second kappa shape index (κ2) is 4.44. The second-order valence-electron chi connectivity index (χ2n) is 6.16. The fraction of sp³-hybridized carbons (Fsp3) is 0.846. The van der Waals surface area contributed by atoms with Crippen LogP contribution in [0.1, 0.15) is 52.9 Å². The van der Waals surface area contributed by atoms with Crippen LogP contribution in [0.15, 0.2) is 0 Å². The average molecular weight is 255 g/mol. The highest BCUT2D eigenvalue weighted by Crippen LogP contribution is 2.39. The van der Waals surface area contributed by atoms with E-state index >= 15 is 0 Å². The first-order valence-corrected chi connectivity index (χ1v) is 6.52. The lowest BCUT2D eigenvalue weighted by atomic mass is 9.78. The van der Waals surface area contributed by atoms with Crippen LogP contribution in [0.4, 0.5) is 4.79 Å². The maximum Gasteiger partial charge on any atom is 0.408 e. The van der Waals surface area contributed by atoms with Crippen molar-refractivity contribution < 1.29 is 19.1 Å². The van der Waals surface area contributed by atoms with Gasteiger partial charge < -0.3 is 14.8 Å². The quantitative estimate of drug-likeness (QED) is 0.768. The van der Waals surface area contributed by atoms with Gasteiger partial charge >= 0.3 is 12.1 Å². The summed E-state index contributed by atoms with van der Waals surface area (Å²) in [5.74, 6) is -0.300. The van der Waals surface area contributed by atoms with Gasteiger partial charge in [-0.15, -0.1) is 0 Å². The molecule has 1 saturated heterocycles. The molecule has 18 heavy (non-hydrogen) atoms. The zero-order chi connectivity index (χ0) is 13.4. The molecule has 2 aliphatic rings. The molecule has 0 spiro atoms. The molecule has 1 saturated carbocycles. The van der Waals surface area contributed by atoms with E-state index in [1.54, 1.807) is 0 Å². The van der Waals surface area contributed by atoms with Gasteiger partial charge in [0.2, 0.25) is 0 Å². The summed E-state index contributed by atoms with van der Waals surface area (Å²) in [6.45, 7) is 5.50. The number of alkyl carbamates (subject to hydrolysis) is 1. The van der Waals surface area contributed by atoms with Crippen LogP contribution in [0, 0.1) is 0 Å². The Bertz CT molecular complexity index is 360. The number of hydrogen-bond acceptors (Lipinski definition) is 4. The van der Waals surface area contributed by atoms with Crippen molar-refractivity contribution in [3.8, 4) is 0 Å². The van der Waals surface area contributed by atoms with E-state index in [9.17, 15) is 9.59 Å². The zero-order valence-corrected chi connectivity index (χ0v) is 11.2. The molecule has 2 fully saturated rings. The Hall–Kier alpha value is -1.26. The van der Waals surface area contributed by atoms with Crippen molar-refractivity contribution >= 4 is 12.1 Å². The van der Waals surface area contributed by atoms with E-state index in [2.05, 4.69) is 5.32 Å². The predicted octanol–water partition coefficient (Wildman–Crippen LogP) is 2.14. The lowest BCUT2D eigenvalue weighted by Crippen LogP contribution is -2.48. The monoisotopic (exact) mass is 255 g/mol. The van der Waals surface area contributed by atoms with Crippen molar-refractivity contribution in [3.63, 3.8) is 0 Å². The smallest absolute Gasteiger partial charge is 0.408 e. The van der Waals surface area contributed by atoms with Crippen LogP contribution in [0.25, 0.3) is 0 Å². The molecule has 1 aliphatic heterocycles. The number of rotatable bonds is 2. The zero-order valence-electron chi connectivity index (χ0n) is 11.2. The van der Waals surface area contributed by atoms with Crippen molar-refractivity contribution in [3.05, 3.63) is 0 Å². The number of nitrogens with one attached hydrogen (secondary N) is 1. The largest absolute Gasteiger partial charge is 0.460 e. The van der Waals surface area contributed by atoms with E-state index < -0.39 is 17.3 Å². The summed E-state index contributed by atoms with van der Waals surface area (Å²) in [7, 11) is 0. The van der Waals surface area contributed by atoms with Crippen LogP contribution in [0.2, 0.25) is 0 Å². The molecule has 0 aromatic carbocycles. The van der Waals surface area contributed by atoms with E-state index in [1.165, 1.54) is 0 Å². The number of amides is 1. The van der Waals surface area contributed by atoms with Crippen LogP contribution in [0.5, 0.6) is 0 Å². The molecule has 2 rings (SSSR count). The minimum atomic E-state index is -0.683. The van der Waals surface area contributed by atoms with E-state index in [1.807, 2.05) is 20.8 Å². The molecule has 5 nitrogen and oxygen atoms in total. The predicted molar refractivity (Wildman–Crippen MR) is 65.1 cm³/mol. The Labute approximate surface area is 107 Å². The average Bonchev–Trinajstić information content (AvgIpc) is 2.49. The van der Waals surface area contributed by atoms with Gasteiger partial charge in [0, 0.05) is 0 Å². The Kier molecular flexibility index (Phi) is 3.25. The van der Waals surface area contributed by atoms with Crippen molar-refractivity contribution in [2.75, 3.05) is 0 Å². The van der Waals surface area contributed by atoms with Gasteiger partial charge in [-0.2, -0.15) is 0 Å². The summed E-state index contributed by atoms with van der Waals surface area (Å²) in [5.41, 5.74) is -1.19. The highest BCUT2D eigenvalue weighted by molar-refractivity contribution is 5.76. The van der Waals surface area contributed by atoms with E-state index in [-0.39, 0.29) is 18.4 Å². The molecule has 0 radical (unpaired) electrons. The van der Waals surface area contributed by atoms with Crippen LogP contribution in [-0.2, 0) is 14.3 Å². The molecule has 1 N–H and O–H groups in total. The lowest BCUT2D eigenvalue weighted by molar-refractivity contribution is -0.160. The van der Waals surface area contributed by atoms with Gasteiger partial charge in [0.25, 0.3) is 0 Å². The summed E-state index contributed by atoms with van der Waals surface area (Å²) >= 11 is 0. The van der Waals surface area contributed by atoms with Gasteiger partial charge in [-0.1, -0.05) is 6.42 Å². The van der Waals surface area contributed by atoms with Crippen LogP contribution >= 0.6 is 0 Å². The molecule has 2 atom stereocenters. The summed E-state index contributed by atoms with van der Waals surface area (Å²) in [6, 6.07) is -0.0498. The number of ether oxygens (including phenoxy) is 2. The first-order valence-electron chi connectivity index (χ1n) is 6.52. The van der Waals surface area contributed by atoms with E-state index in [4.69, 9.17) is 9.47 Å². The standard InChI is InChI=1S/C13H21NO4/c1-12(2,3)17-10(15)8-13-7-5-4-6-9(13)14-11(16)18-13/h9H,4-8H2,1-3H3,(H,14,16)/t9-,13-/m1/s1. The minimum absolute atomic E-state index is 0.0498. The van der Waals surface area contributed by atoms with Crippen molar-refractivity contribution in [1.29, 1.82) is 0 Å². The fourth-order valence-corrected chi connectivity index (χ4v) is 2.76. The molecule has 0 unspecified atom stereocenters. The Morgan fingerprint density at radius 3 is 2.89 bits per heavy atom. The second-order valence-corrected chi connectivity index (χ2v) is 6.16. The highest BCUT2D eigenvalue weighted by Gasteiger charge is 2.51. The minimum Gasteiger partial charge on any atom is -0.460 e. The Balaban J connectivity index is 2.05. The number of carbonyl (C=O) groups is 2. The molecule has 0 aromatic heterocycles.